The summed E-state index contributed by atoms with van der Waals surface area (Å²) in [7, 11) is 0. The van der Waals surface area contributed by atoms with Crippen LogP contribution in [0.15, 0.2) is 87.1 Å². The molecular weight excluding hydrogens is 288 g/mol. The van der Waals surface area contributed by atoms with Gasteiger partial charge in [-0.2, -0.15) is 0 Å². The van der Waals surface area contributed by atoms with Gasteiger partial charge < -0.3 is 9.52 Å². The van der Waals surface area contributed by atoms with Crippen LogP contribution in [0.5, 0.6) is 5.75 Å². The molecule has 0 bridgehead atoms. The van der Waals surface area contributed by atoms with Crippen molar-refractivity contribution in [3.63, 3.8) is 0 Å². The molecule has 112 valence electrons. The third kappa shape index (κ3) is 2.55. The lowest BCUT2D eigenvalue weighted by molar-refractivity contribution is 0.475. The molecule has 23 heavy (non-hydrogen) atoms. The smallest absolute Gasteiger partial charge is 0.154 e. The van der Waals surface area contributed by atoms with Crippen LogP contribution in [-0.2, 0) is 0 Å². The second kappa shape index (κ2) is 5.57. The number of hydrogen-bond donors (Lipinski definition) is 1. The predicted molar refractivity (Wildman–Crippen MR) is 90.5 cm³/mol. The number of fused-ring (bicyclic) bond motifs is 1. The number of hydrogen-bond acceptors (Lipinski definition) is 4. The summed E-state index contributed by atoms with van der Waals surface area (Å²) in [5.74, 6) is 0.962. The molecule has 2 aromatic rings. The Morgan fingerprint density at radius 1 is 1.17 bits per heavy atom. The average Bonchev–Trinajstić information content (AvgIpc) is 3.20. The molecule has 2 heterocycles. The van der Waals surface area contributed by atoms with Crippen molar-refractivity contribution in [1.82, 2.24) is 0 Å². The number of benzene rings is 1. The first kappa shape index (κ1) is 13.5. The first-order valence-electron chi connectivity index (χ1n) is 7.36. The number of furan rings is 1. The number of phenolic OH excluding ortho intramolecular Hbond substituents is 1. The molecule has 0 amide bonds. The van der Waals surface area contributed by atoms with Crippen molar-refractivity contribution in [3.8, 4) is 5.75 Å². The summed E-state index contributed by atoms with van der Waals surface area (Å²) in [5.41, 5.74) is 3.39. The Labute approximate surface area is 133 Å². The number of aliphatic imine (C=N–C) groups is 2. The van der Waals surface area contributed by atoms with Crippen molar-refractivity contribution in [2.75, 3.05) is 0 Å². The molecule has 2 aliphatic rings. The van der Waals surface area contributed by atoms with E-state index < -0.39 is 0 Å². The second-order valence-corrected chi connectivity index (χ2v) is 5.32. The van der Waals surface area contributed by atoms with E-state index in [0.29, 0.717) is 5.76 Å². The summed E-state index contributed by atoms with van der Waals surface area (Å²) < 4.78 is 5.50. The van der Waals surface area contributed by atoms with Gasteiger partial charge in [-0.05, 0) is 35.9 Å². The Morgan fingerprint density at radius 2 is 2.13 bits per heavy atom. The number of allylic oxidation sites excluding steroid dienone is 4. The highest BCUT2D eigenvalue weighted by Gasteiger charge is 2.29. The maximum atomic E-state index is 9.56. The fourth-order valence-corrected chi connectivity index (χ4v) is 2.69. The van der Waals surface area contributed by atoms with E-state index in [1.54, 1.807) is 30.7 Å². The van der Waals surface area contributed by atoms with Crippen LogP contribution in [0.25, 0.3) is 5.70 Å². The summed E-state index contributed by atoms with van der Waals surface area (Å²) in [6, 6.07) is 10.7. The number of aromatic hydroxyl groups is 1. The molecule has 1 atom stereocenters. The van der Waals surface area contributed by atoms with Crippen LogP contribution in [0.2, 0.25) is 0 Å². The summed E-state index contributed by atoms with van der Waals surface area (Å²) in [6.07, 6.45) is 11.4. The summed E-state index contributed by atoms with van der Waals surface area (Å²) >= 11 is 0. The highest BCUT2D eigenvalue weighted by Crippen LogP contribution is 2.36. The normalized spacial score (nSPS) is 19.5. The van der Waals surface area contributed by atoms with Crippen LogP contribution in [0.3, 0.4) is 0 Å². The van der Waals surface area contributed by atoms with E-state index in [-0.39, 0.29) is 11.7 Å². The molecule has 0 spiro atoms. The van der Waals surface area contributed by atoms with Crippen LogP contribution in [0, 0.1) is 5.92 Å². The van der Waals surface area contributed by atoms with Gasteiger partial charge in [0.2, 0.25) is 0 Å². The standard InChI is InChI=1S/C19H14N2O2/c22-14-6-3-5-13(11-14)12-20-18-15-7-1-2-8-16(15)21-19(18)17-9-4-10-23-17/h1-12,15,22H. The van der Waals surface area contributed by atoms with Gasteiger partial charge in [0.1, 0.15) is 11.4 Å². The molecule has 4 heteroatoms. The lowest BCUT2D eigenvalue weighted by atomic mass is 9.96. The maximum Gasteiger partial charge on any atom is 0.154 e. The van der Waals surface area contributed by atoms with Crippen molar-refractivity contribution in [2.24, 2.45) is 15.9 Å². The molecule has 1 aromatic heterocycles. The minimum atomic E-state index is 0.0358. The van der Waals surface area contributed by atoms with Gasteiger partial charge >= 0.3 is 0 Å². The van der Waals surface area contributed by atoms with Crippen LogP contribution in [-0.4, -0.2) is 17.0 Å². The van der Waals surface area contributed by atoms with Gasteiger partial charge in [0.05, 0.1) is 23.6 Å². The second-order valence-electron chi connectivity index (χ2n) is 5.32. The lowest BCUT2D eigenvalue weighted by Crippen LogP contribution is -2.09. The molecular formula is C19H14N2O2. The molecule has 0 radical (unpaired) electrons. The maximum absolute atomic E-state index is 9.56. The highest BCUT2D eigenvalue weighted by molar-refractivity contribution is 6.08. The first-order valence-corrected chi connectivity index (χ1v) is 7.36. The zero-order valence-corrected chi connectivity index (χ0v) is 12.3. The fraction of sp³-hybridized carbons (Fsp3) is 0.0526. The van der Waals surface area contributed by atoms with E-state index in [4.69, 9.17) is 4.42 Å². The Morgan fingerprint density at radius 3 is 2.96 bits per heavy atom. The van der Waals surface area contributed by atoms with E-state index in [1.807, 2.05) is 36.4 Å². The van der Waals surface area contributed by atoms with Gasteiger partial charge in [-0.15, -0.1) is 0 Å². The lowest BCUT2D eigenvalue weighted by Gasteiger charge is -2.10. The summed E-state index contributed by atoms with van der Waals surface area (Å²) in [6.45, 7) is 0. The Kier molecular flexibility index (Phi) is 3.27. The average molecular weight is 302 g/mol. The fourth-order valence-electron chi connectivity index (χ4n) is 2.69. The van der Waals surface area contributed by atoms with Crippen molar-refractivity contribution in [2.45, 2.75) is 0 Å². The van der Waals surface area contributed by atoms with E-state index in [9.17, 15) is 5.11 Å². The SMILES string of the molecule is Oc1cccc(C=NC2=C(c3ccco3)N=C3C=CC=CC32)c1. The molecule has 0 fully saturated rings. The summed E-state index contributed by atoms with van der Waals surface area (Å²) in [5, 5.41) is 9.56. The van der Waals surface area contributed by atoms with Crippen molar-refractivity contribution >= 4 is 17.6 Å². The molecule has 1 aromatic carbocycles. The highest BCUT2D eigenvalue weighted by atomic mass is 16.3. The predicted octanol–water partition coefficient (Wildman–Crippen LogP) is 3.97. The minimum Gasteiger partial charge on any atom is -0.508 e. The van der Waals surface area contributed by atoms with Gasteiger partial charge in [-0.25, -0.2) is 4.99 Å². The zero-order valence-electron chi connectivity index (χ0n) is 12.3. The monoisotopic (exact) mass is 302 g/mol. The third-order valence-electron chi connectivity index (χ3n) is 3.76. The van der Waals surface area contributed by atoms with Crippen LogP contribution < -0.4 is 0 Å². The molecule has 1 aliphatic heterocycles. The van der Waals surface area contributed by atoms with Crippen molar-refractivity contribution < 1.29 is 9.52 Å². The molecule has 0 saturated carbocycles. The van der Waals surface area contributed by atoms with Gasteiger partial charge in [-0.1, -0.05) is 30.4 Å². The third-order valence-corrected chi connectivity index (χ3v) is 3.76. The Hall–Kier alpha value is -3.14. The van der Waals surface area contributed by atoms with Crippen LogP contribution >= 0.6 is 0 Å². The first-order chi connectivity index (χ1) is 11.3. The van der Waals surface area contributed by atoms with Crippen LogP contribution in [0.4, 0.5) is 0 Å². The van der Waals surface area contributed by atoms with E-state index in [2.05, 4.69) is 16.1 Å². The Bertz CT molecular complexity index is 884. The van der Waals surface area contributed by atoms with Gasteiger partial charge in [-0.3, -0.25) is 4.99 Å². The van der Waals surface area contributed by atoms with E-state index in [0.717, 1.165) is 22.7 Å². The van der Waals surface area contributed by atoms with Gasteiger partial charge in [0.15, 0.2) is 5.76 Å². The zero-order chi connectivity index (χ0) is 15.6. The summed E-state index contributed by atoms with van der Waals surface area (Å²) in [4.78, 5) is 9.31. The molecule has 1 aliphatic carbocycles. The van der Waals surface area contributed by atoms with E-state index in [1.165, 1.54) is 0 Å². The van der Waals surface area contributed by atoms with Gasteiger partial charge in [0.25, 0.3) is 0 Å². The van der Waals surface area contributed by atoms with Crippen molar-refractivity contribution in [1.29, 1.82) is 0 Å². The number of nitrogens with zero attached hydrogens (tertiary/aromatic N) is 2. The largest absolute Gasteiger partial charge is 0.508 e. The number of rotatable bonds is 3. The minimum absolute atomic E-state index is 0.0358. The van der Waals surface area contributed by atoms with Crippen LogP contribution in [0.1, 0.15) is 11.3 Å². The van der Waals surface area contributed by atoms with E-state index >= 15 is 0 Å². The number of phenols is 1. The van der Waals surface area contributed by atoms with Crippen molar-refractivity contribution in [3.05, 3.63) is 84.0 Å². The molecule has 4 rings (SSSR count). The molecule has 0 saturated heterocycles. The van der Waals surface area contributed by atoms with Gasteiger partial charge in [0, 0.05) is 6.21 Å². The topological polar surface area (TPSA) is 58.1 Å². The molecule has 1 unspecified atom stereocenters. The molecule has 1 N–H and O–H groups in total. The molecule has 4 nitrogen and oxygen atoms in total. The Balaban J connectivity index is 1.75. The quantitative estimate of drug-likeness (QED) is 0.872.